The molecule has 2 fully saturated rings. The van der Waals surface area contributed by atoms with Crippen molar-refractivity contribution in [1.29, 1.82) is 0 Å². The number of hydrogen-bond donors (Lipinski definition) is 2. The minimum Gasteiger partial charge on any atom is -0.468 e. The fourth-order valence-corrected chi connectivity index (χ4v) is 6.83. The number of nitrogens with one attached hydrogen (secondary N) is 1. The second-order valence-electron chi connectivity index (χ2n) is 12.6. The second kappa shape index (κ2) is 17.1. The van der Waals surface area contributed by atoms with Gasteiger partial charge in [-0.2, -0.15) is 0 Å². The van der Waals surface area contributed by atoms with Crippen molar-refractivity contribution in [2.75, 3.05) is 20.3 Å². The lowest BCUT2D eigenvalue weighted by Gasteiger charge is -2.53. The minimum atomic E-state index is -1.29. The molecule has 0 radical (unpaired) electrons. The summed E-state index contributed by atoms with van der Waals surface area (Å²) in [4.78, 5) is 13.5. The quantitative estimate of drug-likeness (QED) is 0.170. The lowest BCUT2D eigenvalue weighted by atomic mass is 9.78. The van der Waals surface area contributed by atoms with Crippen LogP contribution in [0, 0.1) is 0 Å². The highest BCUT2D eigenvalue weighted by Crippen LogP contribution is 2.45. The molecule has 0 aromatic heterocycles. The predicted molar refractivity (Wildman–Crippen MR) is 183 cm³/mol. The maximum Gasteiger partial charge on any atom is 0.326 e. The largest absolute Gasteiger partial charge is 0.468 e. The van der Waals surface area contributed by atoms with E-state index >= 15 is 0 Å². The summed E-state index contributed by atoms with van der Waals surface area (Å²) in [7, 11) is 1.35. The van der Waals surface area contributed by atoms with E-state index in [9.17, 15) is 9.90 Å². The molecular formula is C40H45NO8. The molecule has 6 rings (SSSR count). The van der Waals surface area contributed by atoms with E-state index < -0.39 is 48.1 Å². The first-order chi connectivity index (χ1) is 24.1. The zero-order valence-corrected chi connectivity index (χ0v) is 27.8. The molecule has 258 valence electrons. The lowest BCUT2D eigenvalue weighted by Crippen LogP contribution is -2.71. The smallest absolute Gasteiger partial charge is 0.326 e. The molecule has 7 atom stereocenters. The van der Waals surface area contributed by atoms with Gasteiger partial charge in [0.2, 0.25) is 0 Å². The number of hydrogen-bond acceptors (Lipinski definition) is 9. The van der Waals surface area contributed by atoms with Crippen LogP contribution in [0.3, 0.4) is 0 Å². The van der Waals surface area contributed by atoms with Gasteiger partial charge in [-0.25, -0.2) is 0 Å². The Morgan fingerprint density at radius 2 is 1.18 bits per heavy atom. The molecule has 9 nitrogen and oxygen atoms in total. The number of rotatable bonds is 15. The van der Waals surface area contributed by atoms with Gasteiger partial charge in [-0.1, -0.05) is 121 Å². The number of esters is 1. The molecule has 2 aliphatic heterocycles. The van der Waals surface area contributed by atoms with Crippen LogP contribution >= 0.6 is 0 Å². The molecule has 2 saturated heterocycles. The lowest BCUT2D eigenvalue weighted by molar-refractivity contribution is -0.309. The summed E-state index contributed by atoms with van der Waals surface area (Å²) in [5.41, 5.74) is 2.65. The number of aliphatic hydroxyl groups is 1. The van der Waals surface area contributed by atoms with E-state index in [-0.39, 0.29) is 32.8 Å². The molecule has 4 aromatic rings. The van der Waals surface area contributed by atoms with Gasteiger partial charge in [0.05, 0.1) is 46.8 Å². The first-order valence-electron chi connectivity index (χ1n) is 16.8. The third kappa shape index (κ3) is 8.63. The van der Waals surface area contributed by atoms with Crippen molar-refractivity contribution >= 4 is 5.97 Å². The highest BCUT2D eigenvalue weighted by atomic mass is 16.6. The molecule has 2 N–H and O–H groups in total. The van der Waals surface area contributed by atoms with E-state index in [1.165, 1.54) is 7.11 Å². The summed E-state index contributed by atoms with van der Waals surface area (Å²) >= 11 is 0. The van der Waals surface area contributed by atoms with Crippen LogP contribution in [0.5, 0.6) is 0 Å². The molecule has 4 aromatic carbocycles. The van der Waals surface area contributed by atoms with Crippen LogP contribution in [0.2, 0.25) is 0 Å². The Morgan fingerprint density at radius 1 is 0.714 bits per heavy atom. The van der Waals surface area contributed by atoms with E-state index in [1.807, 2.05) is 121 Å². The fourth-order valence-electron chi connectivity index (χ4n) is 6.83. The van der Waals surface area contributed by atoms with Gasteiger partial charge in [0.1, 0.15) is 36.1 Å². The molecule has 0 bridgehead atoms. The molecule has 0 aliphatic carbocycles. The number of ether oxygens (including phenoxy) is 6. The second-order valence-corrected chi connectivity index (χ2v) is 12.6. The summed E-state index contributed by atoms with van der Waals surface area (Å²) in [5, 5.41) is 13.7. The summed E-state index contributed by atoms with van der Waals surface area (Å²) in [5.74, 6) is -0.515. The molecular weight excluding hydrogens is 622 g/mol. The van der Waals surface area contributed by atoms with Crippen molar-refractivity contribution < 1.29 is 38.3 Å². The molecule has 2 heterocycles. The normalized spacial score (nSPS) is 26.5. The zero-order valence-electron chi connectivity index (χ0n) is 27.8. The topological polar surface area (TPSA) is 105 Å². The summed E-state index contributed by atoms with van der Waals surface area (Å²) in [6, 6.07) is 38.2. The average molecular weight is 668 g/mol. The van der Waals surface area contributed by atoms with Gasteiger partial charge in [0.15, 0.2) is 0 Å². The van der Waals surface area contributed by atoms with Crippen LogP contribution in [0.4, 0.5) is 0 Å². The Labute approximate surface area is 288 Å². The van der Waals surface area contributed by atoms with Gasteiger partial charge in [0, 0.05) is 6.04 Å². The van der Waals surface area contributed by atoms with Crippen LogP contribution in [0.1, 0.15) is 28.7 Å². The average Bonchev–Trinajstić information content (AvgIpc) is 3.53. The molecule has 0 saturated carbocycles. The summed E-state index contributed by atoms with van der Waals surface area (Å²) in [6.45, 7) is 1.12. The highest BCUT2D eigenvalue weighted by Gasteiger charge is 2.65. The number of methoxy groups -OCH3 is 1. The Kier molecular flexibility index (Phi) is 12.2. The Bertz CT molecular complexity index is 1560. The molecule has 0 amide bonds. The SMILES string of the molecule is COC(=O)C1NC(CO)C[C@]12OC(COCc1ccccc1)[C@H](OCc1ccccc1)[C@H](OCc1ccccc1)C2OCc1ccccc1. The molecule has 49 heavy (non-hydrogen) atoms. The van der Waals surface area contributed by atoms with Crippen molar-refractivity contribution in [1.82, 2.24) is 5.32 Å². The minimum absolute atomic E-state index is 0.157. The van der Waals surface area contributed by atoms with Gasteiger partial charge in [-0.3, -0.25) is 10.1 Å². The van der Waals surface area contributed by atoms with Crippen LogP contribution in [-0.4, -0.2) is 73.5 Å². The third-order valence-corrected chi connectivity index (χ3v) is 9.19. The third-order valence-electron chi connectivity index (χ3n) is 9.19. The Hall–Kier alpha value is -3.93. The van der Waals surface area contributed by atoms with Crippen molar-refractivity contribution in [3.63, 3.8) is 0 Å². The van der Waals surface area contributed by atoms with Gasteiger partial charge < -0.3 is 33.5 Å². The van der Waals surface area contributed by atoms with Gasteiger partial charge in [-0.05, 0) is 28.7 Å². The van der Waals surface area contributed by atoms with Crippen LogP contribution in [0.15, 0.2) is 121 Å². The Balaban J connectivity index is 1.40. The molecule has 4 unspecified atom stereocenters. The maximum atomic E-state index is 13.5. The number of aliphatic hydroxyl groups excluding tert-OH is 1. The van der Waals surface area contributed by atoms with Crippen molar-refractivity contribution in [2.45, 2.75) is 74.9 Å². The molecule has 9 heteroatoms. The van der Waals surface area contributed by atoms with E-state index in [2.05, 4.69) is 5.32 Å². The maximum absolute atomic E-state index is 13.5. The first-order valence-corrected chi connectivity index (χ1v) is 16.8. The van der Waals surface area contributed by atoms with Gasteiger partial charge in [0.25, 0.3) is 0 Å². The van der Waals surface area contributed by atoms with E-state index in [0.29, 0.717) is 13.2 Å². The monoisotopic (exact) mass is 667 g/mol. The van der Waals surface area contributed by atoms with Crippen LogP contribution in [-0.2, 0) is 59.6 Å². The Morgan fingerprint density at radius 3 is 1.67 bits per heavy atom. The summed E-state index contributed by atoms with van der Waals surface area (Å²) < 4.78 is 39.2. The van der Waals surface area contributed by atoms with E-state index in [4.69, 9.17) is 28.4 Å². The highest BCUT2D eigenvalue weighted by molar-refractivity contribution is 5.78. The van der Waals surface area contributed by atoms with E-state index in [1.54, 1.807) is 0 Å². The predicted octanol–water partition coefficient (Wildman–Crippen LogP) is 4.99. The summed E-state index contributed by atoms with van der Waals surface area (Å²) in [6.07, 6.45) is -2.57. The van der Waals surface area contributed by atoms with Crippen molar-refractivity contribution in [3.8, 4) is 0 Å². The van der Waals surface area contributed by atoms with E-state index in [0.717, 1.165) is 22.3 Å². The fraction of sp³-hybridized carbons (Fsp3) is 0.375. The van der Waals surface area contributed by atoms with Crippen LogP contribution in [0.25, 0.3) is 0 Å². The number of carbonyl (C=O) groups is 1. The molecule has 1 spiro atoms. The van der Waals surface area contributed by atoms with Crippen molar-refractivity contribution in [2.24, 2.45) is 0 Å². The standard InChI is InChI=1S/C40H45NO8/c1-44-39(43)37-40(22-33(23-42)41-37)38(48-27-32-20-12-5-13-21-32)36(47-26-31-18-10-4-11-19-31)35(46-25-30-16-8-3-9-17-30)34(49-40)28-45-24-29-14-6-2-7-15-29/h2-21,33-38,41-42H,22-28H2,1H3/t33?,34?,35-,36-,37?,38?,40-/m0/s1. The van der Waals surface area contributed by atoms with Gasteiger partial charge >= 0.3 is 5.97 Å². The van der Waals surface area contributed by atoms with Gasteiger partial charge in [-0.15, -0.1) is 0 Å². The van der Waals surface area contributed by atoms with Crippen LogP contribution < -0.4 is 5.32 Å². The number of benzene rings is 4. The van der Waals surface area contributed by atoms with Crippen molar-refractivity contribution in [3.05, 3.63) is 144 Å². The number of carbonyl (C=O) groups excluding carboxylic acids is 1. The molecule has 2 aliphatic rings. The first kappa shape index (κ1) is 34.9. The zero-order chi connectivity index (χ0) is 33.9.